The molecule has 2 heteroatoms. The molecule has 0 saturated carbocycles. The molecule has 8 aromatic carbocycles. The molecule has 244 valence electrons. The zero-order valence-corrected chi connectivity index (χ0v) is 30.1. The first-order valence-electron chi connectivity index (χ1n) is 18.2. The van der Waals surface area contributed by atoms with Crippen LogP contribution in [0.4, 0.5) is 0 Å². The van der Waals surface area contributed by atoms with E-state index in [4.69, 9.17) is 4.74 Å². The molecule has 0 aromatic heterocycles. The van der Waals surface area contributed by atoms with Crippen molar-refractivity contribution in [1.29, 1.82) is 0 Å². The van der Waals surface area contributed by atoms with Crippen LogP contribution < -0.4 is 15.1 Å². The summed E-state index contributed by atoms with van der Waals surface area (Å²) in [5, 5.41) is 17.8. The highest BCUT2D eigenvalue weighted by atomic mass is 28.3. The van der Waals surface area contributed by atoms with Gasteiger partial charge in [-0.3, -0.25) is 0 Å². The lowest BCUT2D eigenvalue weighted by Crippen LogP contribution is -2.56. The number of para-hydroxylation sites is 2. The summed E-state index contributed by atoms with van der Waals surface area (Å²) in [6, 6.07) is 63.1. The van der Waals surface area contributed by atoms with Crippen molar-refractivity contribution in [3.63, 3.8) is 0 Å². The van der Waals surface area contributed by atoms with Gasteiger partial charge in [-0.25, -0.2) is 0 Å². The molecule has 11 rings (SSSR count). The van der Waals surface area contributed by atoms with Crippen molar-refractivity contribution in [3.8, 4) is 33.8 Å². The minimum atomic E-state index is -1.99. The highest BCUT2D eigenvalue weighted by Crippen LogP contribution is 2.48. The standard InChI is InChI=1S/C50H34OSi/c1-52(2)46-26-10-9-25-45(46)51-50-32(20-13-27-47(50)52)31-28-29-39-35-16-5-8-19-38(35)41-22-11-21-40-36-17-6-3-14-33(36)34-15-4-7-18-37(34)42-23-12-24-43(44(39)30-31)49(42)48(40)41/h3-30H,1-2H3. The van der Waals surface area contributed by atoms with E-state index in [1.807, 2.05) is 0 Å². The van der Waals surface area contributed by atoms with Crippen molar-refractivity contribution < 1.29 is 4.74 Å². The molecule has 0 unspecified atom stereocenters. The van der Waals surface area contributed by atoms with E-state index in [0.29, 0.717) is 0 Å². The van der Waals surface area contributed by atoms with Crippen LogP contribution >= 0.6 is 0 Å². The lowest BCUT2D eigenvalue weighted by Gasteiger charge is -2.34. The third-order valence-electron chi connectivity index (χ3n) is 11.7. The van der Waals surface area contributed by atoms with Crippen LogP contribution in [0.15, 0.2) is 170 Å². The second kappa shape index (κ2) is 10.9. The Labute approximate surface area is 303 Å². The summed E-state index contributed by atoms with van der Waals surface area (Å²) < 4.78 is 6.84. The van der Waals surface area contributed by atoms with Crippen molar-refractivity contribution in [3.05, 3.63) is 170 Å². The lowest BCUT2D eigenvalue weighted by molar-refractivity contribution is 0.488. The lowest BCUT2D eigenvalue weighted by atomic mass is 9.83. The summed E-state index contributed by atoms with van der Waals surface area (Å²) >= 11 is 0. The predicted octanol–water partition coefficient (Wildman–Crippen LogP) is 12.9. The van der Waals surface area contributed by atoms with Gasteiger partial charge in [0.2, 0.25) is 0 Å². The van der Waals surface area contributed by atoms with E-state index >= 15 is 0 Å². The van der Waals surface area contributed by atoms with Crippen molar-refractivity contribution >= 4 is 83.1 Å². The monoisotopic (exact) mass is 678 g/mol. The van der Waals surface area contributed by atoms with Crippen LogP contribution in [0.3, 0.4) is 0 Å². The fourth-order valence-corrected chi connectivity index (χ4v) is 12.1. The molecule has 0 amide bonds. The van der Waals surface area contributed by atoms with Gasteiger partial charge in [0.15, 0.2) is 0 Å². The molecule has 1 nitrogen and oxygen atoms in total. The van der Waals surface area contributed by atoms with Crippen molar-refractivity contribution in [2.24, 2.45) is 0 Å². The molecule has 52 heavy (non-hydrogen) atoms. The summed E-state index contributed by atoms with van der Waals surface area (Å²) in [6.45, 7) is 4.89. The molecule has 0 bridgehead atoms. The van der Waals surface area contributed by atoms with Gasteiger partial charge < -0.3 is 4.74 Å². The van der Waals surface area contributed by atoms with Crippen LogP contribution in [0.1, 0.15) is 0 Å². The van der Waals surface area contributed by atoms with E-state index in [0.717, 1.165) is 17.1 Å². The average Bonchev–Trinajstić information content (AvgIpc) is 3.19. The van der Waals surface area contributed by atoms with Crippen LogP contribution in [0.5, 0.6) is 11.5 Å². The first-order chi connectivity index (χ1) is 25.6. The van der Waals surface area contributed by atoms with Crippen molar-refractivity contribution in [2.75, 3.05) is 0 Å². The number of ether oxygens (including phenoxy) is 1. The average molecular weight is 679 g/mol. The first-order valence-corrected chi connectivity index (χ1v) is 21.2. The van der Waals surface area contributed by atoms with E-state index in [9.17, 15) is 0 Å². The number of fused-ring (bicyclic) bond motifs is 12. The van der Waals surface area contributed by atoms with Crippen LogP contribution in [-0.2, 0) is 0 Å². The zero-order chi connectivity index (χ0) is 34.6. The fourth-order valence-electron chi connectivity index (χ4n) is 9.26. The predicted molar refractivity (Wildman–Crippen MR) is 226 cm³/mol. The number of benzene rings is 8. The van der Waals surface area contributed by atoms with E-state index in [1.54, 1.807) is 0 Å². The van der Waals surface area contributed by atoms with Crippen molar-refractivity contribution in [2.45, 2.75) is 13.1 Å². The Bertz CT molecular complexity index is 3130. The molecule has 0 spiro atoms. The smallest absolute Gasteiger partial charge is 0.134 e. The number of hydrogen-bond acceptors (Lipinski definition) is 1. The Kier molecular flexibility index (Phi) is 6.18. The molecule has 1 aliphatic heterocycles. The topological polar surface area (TPSA) is 9.23 Å². The molecular weight excluding hydrogens is 645 g/mol. The van der Waals surface area contributed by atoms with Gasteiger partial charge in [0, 0.05) is 5.56 Å². The summed E-state index contributed by atoms with van der Waals surface area (Å²) in [4.78, 5) is 0. The molecule has 0 fully saturated rings. The van der Waals surface area contributed by atoms with Gasteiger partial charge in [0.05, 0.1) is 0 Å². The van der Waals surface area contributed by atoms with Crippen LogP contribution in [0.25, 0.3) is 86.9 Å². The largest absolute Gasteiger partial charge is 0.457 e. The maximum atomic E-state index is 6.84. The Morgan fingerprint density at radius 1 is 0.346 bits per heavy atom. The maximum absolute atomic E-state index is 6.84. The Morgan fingerprint density at radius 3 is 1.31 bits per heavy atom. The Balaban J connectivity index is 1.35. The molecule has 3 aliphatic rings. The third kappa shape index (κ3) is 4.04. The van der Waals surface area contributed by atoms with E-state index in [2.05, 4.69) is 183 Å². The minimum absolute atomic E-state index is 0.992. The summed E-state index contributed by atoms with van der Waals surface area (Å²) in [5.74, 6) is 2.00. The van der Waals surface area contributed by atoms with Crippen molar-refractivity contribution in [1.82, 2.24) is 0 Å². The molecule has 0 N–H and O–H groups in total. The Hall–Kier alpha value is -6.22. The second-order valence-corrected chi connectivity index (χ2v) is 19.1. The maximum Gasteiger partial charge on any atom is 0.134 e. The Morgan fingerprint density at radius 2 is 0.750 bits per heavy atom. The van der Waals surface area contributed by atoms with E-state index < -0.39 is 8.07 Å². The normalized spacial score (nSPS) is 13.5. The molecule has 0 radical (unpaired) electrons. The van der Waals surface area contributed by atoms with Gasteiger partial charge in [-0.1, -0.05) is 171 Å². The highest BCUT2D eigenvalue weighted by molar-refractivity contribution is 7.01. The van der Waals surface area contributed by atoms with Gasteiger partial charge in [-0.2, -0.15) is 0 Å². The molecular formula is C50H34OSi. The second-order valence-electron chi connectivity index (χ2n) is 14.8. The number of rotatable bonds is 1. The third-order valence-corrected chi connectivity index (χ3v) is 15.2. The molecule has 1 heterocycles. The van der Waals surface area contributed by atoms with Gasteiger partial charge in [-0.15, -0.1) is 0 Å². The van der Waals surface area contributed by atoms with Gasteiger partial charge in [-0.05, 0) is 104 Å². The highest BCUT2D eigenvalue weighted by Gasteiger charge is 2.37. The van der Waals surface area contributed by atoms with Gasteiger partial charge in [0.1, 0.15) is 19.6 Å². The molecule has 0 atom stereocenters. The first kappa shape index (κ1) is 29.5. The van der Waals surface area contributed by atoms with Gasteiger partial charge >= 0.3 is 0 Å². The summed E-state index contributed by atoms with van der Waals surface area (Å²) in [5.41, 5.74) is 4.89. The van der Waals surface area contributed by atoms with Crippen LogP contribution in [0.2, 0.25) is 13.1 Å². The van der Waals surface area contributed by atoms with Crippen LogP contribution in [0, 0.1) is 0 Å². The zero-order valence-electron chi connectivity index (χ0n) is 29.1. The SMILES string of the molecule is C[Si]1(C)c2ccccc2Oc2c(-c3ccc4c(c3)c3cccc5c3-c3c(cccc3c3ccccc34)c3ccccc3c3ccccc53)cccc21. The minimum Gasteiger partial charge on any atom is -0.457 e. The number of hydrogen-bond donors (Lipinski definition) is 0. The van der Waals surface area contributed by atoms with Crippen LogP contribution in [-0.4, -0.2) is 8.07 Å². The quantitative estimate of drug-likeness (QED) is 0.157. The fraction of sp³-hybridized carbons (Fsp3) is 0.0400. The van der Waals surface area contributed by atoms with E-state index in [-0.39, 0.29) is 0 Å². The summed E-state index contributed by atoms with van der Waals surface area (Å²) in [6.07, 6.45) is 0. The summed E-state index contributed by atoms with van der Waals surface area (Å²) in [7, 11) is -1.99. The molecule has 2 aliphatic carbocycles. The van der Waals surface area contributed by atoms with E-state index in [1.165, 1.54) is 91.7 Å². The van der Waals surface area contributed by atoms with Gasteiger partial charge in [0.25, 0.3) is 0 Å². The molecule has 0 saturated heterocycles. The molecule has 8 aromatic rings.